The van der Waals surface area contributed by atoms with Crippen LogP contribution >= 0.6 is 0 Å². The second-order valence-corrected chi connectivity index (χ2v) is 6.24. The van der Waals surface area contributed by atoms with Crippen LogP contribution in [0.1, 0.15) is 54.4 Å². The van der Waals surface area contributed by atoms with Gasteiger partial charge in [-0.3, -0.25) is 0 Å². The minimum atomic E-state index is -0.966. The van der Waals surface area contributed by atoms with Crippen molar-refractivity contribution in [3.63, 3.8) is 0 Å². The second-order valence-electron chi connectivity index (χ2n) is 6.24. The molecule has 0 fully saturated rings. The fourth-order valence-electron chi connectivity index (χ4n) is 2.18. The summed E-state index contributed by atoms with van der Waals surface area (Å²) in [6, 6.07) is 0. The van der Waals surface area contributed by atoms with Crippen molar-refractivity contribution in [2.75, 3.05) is 0 Å². The molecule has 20 heavy (non-hydrogen) atoms. The number of nitrogens with zero attached hydrogens (tertiary/aromatic N) is 4. The molecule has 2 unspecified atom stereocenters. The maximum Gasteiger partial charge on any atom is 0.237 e. The quantitative estimate of drug-likeness (QED) is 0.386. The molecule has 0 aromatic rings. The van der Waals surface area contributed by atoms with E-state index in [2.05, 4.69) is 20.2 Å². The summed E-state index contributed by atoms with van der Waals surface area (Å²) in [6.07, 6.45) is 4.20. The predicted octanol–water partition coefficient (Wildman–Crippen LogP) is 3.63. The molecule has 0 bridgehead atoms. The van der Waals surface area contributed by atoms with E-state index in [0.29, 0.717) is 24.7 Å². The van der Waals surface area contributed by atoms with Crippen LogP contribution in [0.3, 0.4) is 0 Å². The first-order valence-electron chi connectivity index (χ1n) is 6.78. The molecule has 0 N–H and O–H groups in total. The molecule has 112 valence electrons. The minimum absolute atomic E-state index is 0.293. The van der Waals surface area contributed by atoms with Gasteiger partial charge in [0.15, 0.2) is 11.3 Å². The van der Waals surface area contributed by atoms with Crippen molar-refractivity contribution in [2.45, 2.75) is 65.7 Å². The molecule has 6 nitrogen and oxygen atoms in total. The number of hydrogen-bond acceptors (Lipinski definition) is 6. The van der Waals surface area contributed by atoms with Crippen molar-refractivity contribution in [2.24, 2.45) is 32.0 Å². The molecule has 0 rings (SSSR count). The van der Waals surface area contributed by atoms with Gasteiger partial charge in [0.05, 0.1) is 0 Å². The smallest absolute Gasteiger partial charge is 0.211 e. The lowest BCUT2D eigenvalue weighted by Gasteiger charge is -2.23. The van der Waals surface area contributed by atoms with Crippen molar-refractivity contribution in [3.8, 4) is 0 Å². The lowest BCUT2D eigenvalue weighted by molar-refractivity contribution is 0.317. The summed E-state index contributed by atoms with van der Waals surface area (Å²) in [5.74, 6) is 0.587. The van der Waals surface area contributed by atoms with Crippen LogP contribution in [0, 0.1) is 11.8 Å². The van der Waals surface area contributed by atoms with Crippen LogP contribution in [0.25, 0.3) is 0 Å². The fourth-order valence-corrected chi connectivity index (χ4v) is 2.18. The number of isocyanates is 2. The van der Waals surface area contributed by atoms with Gasteiger partial charge in [0, 0.05) is 0 Å². The average Bonchev–Trinajstić information content (AvgIpc) is 2.25. The lowest BCUT2D eigenvalue weighted by Crippen LogP contribution is -2.25. The van der Waals surface area contributed by atoms with Crippen LogP contribution in [0.5, 0.6) is 0 Å². The molecule has 0 spiro atoms. The number of carbonyl (C=O) groups excluding carboxylic acids is 2. The van der Waals surface area contributed by atoms with Crippen molar-refractivity contribution < 1.29 is 9.59 Å². The summed E-state index contributed by atoms with van der Waals surface area (Å²) in [5.41, 5.74) is -1.93. The average molecular weight is 280 g/mol. The highest BCUT2D eigenvalue weighted by Crippen LogP contribution is 2.28. The molecule has 0 aliphatic heterocycles. The molecular formula is C14H24N4O2. The highest BCUT2D eigenvalue weighted by Gasteiger charge is 2.29. The predicted molar refractivity (Wildman–Crippen MR) is 76.8 cm³/mol. The molecule has 2 atom stereocenters. The fraction of sp³-hybridized carbons (Fsp3) is 0.857. The summed E-state index contributed by atoms with van der Waals surface area (Å²) in [7, 11) is 0. The van der Waals surface area contributed by atoms with E-state index in [9.17, 15) is 9.59 Å². The first kappa shape index (κ1) is 18.4. The van der Waals surface area contributed by atoms with Gasteiger partial charge in [0.1, 0.15) is 0 Å². The van der Waals surface area contributed by atoms with Gasteiger partial charge in [0.25, 0.3) is 0 Å². The third-order valence-corrected chi connectivity index (χ3v) is 2.64. The van der Waals surface area contributed by atoms with Crippen LogP contribution in [-0.4, -0.2) is 23.5 Å². The molecule has 0 amide bonds. The zero-order valence-corrected chi connectivity index (χ0v) is 13.2. The van der Waals surface area contributed by atoms with Crippen LogP contribution in [0.15, 0.2) is 20.2 Å². The third kappa shape index (κ3) is 7.07. The summed E-state index contributed by atoms with van der Waals surface area (Å²) in [6.45, 7) is 11.4. The van der Waals surface area contributed by atoms with Gasteiger partial charge in [-0.2, -0.15) is 20.2 Å². The number of azo groups is 1. The van der Waals surface area contributed by atoms with Crippen molar-refractivity contribution in [3.05, 3.63) is 0 Å². The van der Waals surface area contributed by atoms with Gasteiger partial charge in [-0.05, 0) is 38.5 Å². The Balaban J connectivity index is 5.34. The van der Waals surface area contributed by atoms with Gasteiger partial charge in [-0.1, -0.05) is 27.7 Å². The Morgan fingerprint density at radius 3 is 1.30 bits per heavy atom. The lowest BCUT2D eigenvalue weighted by atomic mass is 9.99. The van der Waals surface area contributed by atoms with E-state index in [1.165, 1.54) is 12.2 Å². The van der Waals surface area contributed by atoms with E-state index in [1.807, 2.05) is 27.7 Å². The zero-order chi connectivity index (χ0) is 15.8. The van der Waals surface area contributed by atoms with E-state index in [4.69, 9.17) is 0 Å². The Kier molecular flexibility index (Phi) is 7.19. The van der Waals surface area contributed by atoms with E-state index in [1.54, 1.807) is 13.8 Å². The molecule has 0 aliphatic rings. The first-order valence-corrected chi connectivity index (χ1v) is 6.78. The number of rotatable bonds is 8. The van der Waals surface area contributed by atoms with Gasteiger partial charge in [0.2, 0.25) is 12.2 Å². The highest BCUT2D eigenvalue weighted by molar-refractivity contribution is 5.35. The summed E-state index contributed by atoms with van der Waals surface area (Å²) >= 11 is 0. The van der Waals surface area contributed by atoms with E-state index >= 15 is 0 Å². The maximum absolute atomic E-state index is 10.6. The zero-order valence-electron chi connectivity index (χ0n) is 13.2. The van der Waals surface area contributed by atoms with Crippen molar-refractivity contribution >= 4 is 12.2 Å². The Morgan fingerprint density at radius 1 is 0.800 bits per heavy atom. The second kappa shape index (κ2) is 7.83. The summed E-state index contributed by atoms with van der Waals surface area (Å²) in [4.78, 5) is 28.6. The Morgan fingerprint density at radius 2 is 1.10 bits per heavy atom. The number of aliphatic imine (C=N–C) groups is 2. The SMILES string of the molecule is CC(C)CC(C)(N=C=O)/N=N/C(C)(CC(C)C)N=C=O. The Bertz CT molecular complexity index is 394. The molecular weight excluding hydrogens is 256 g/mol. The molecule has 0 aliphatic carbocycles. The molecule has 0 radical (unpaired) electrons. The molecule has 0 saturated carbocycles. The van der Waals surface area contributed by atoms with Crippen molar-refractivity contribution in [1.29, 1.82) is 0 Å². The minimum Gasteiger partial charge on any atom is -0.211 e. The van der Waals surface area contributed by atoms with E-state index < -0.39 is 11.3 Å². The maximum atomic E-state index is 10.6. The standard InChI is InChI=1S/C14H24N4O2/c1-11(2)7-13(5,15-9-19)17-18-14(6,16-10-20)8-12(3)4/h11-12H,7-8H2,1-6H3/b18-17+. The number of hydrogen-bond donors (Lipinski definition) is 0. The van der Waals surface area contributed by atoms with E-state index in [0.717, 1.165) is 0 Å². The van der Waals surface area contributed by atoms with Gasteiger partial charge in [-0.15, -0.1) is 0 Å². The van der Waals surface area contributed by atoms with Gasteiger partial charge >= 0.3 is 0 Å². The van der Waals surface area contributed by atoms with Crippen LogP contribution in [-0.2, 0) is 9.59 Å². The Hall–Kier alpha value is -1.64. The third-order valence-electron chi connectivity index (χ3n) is 2.64. The topological polar surface area (TPSA) is 83.6 Å². The van der Waals surface area contributed by atoms with E-state index in [-0.39, 0.29) is 0 Å². The normalized spacial score (nSPS) is 17.4. The molecule has 0 saturated heterocycles. The monoisotopic (exact) mass is 280 g/mol. The van der Waals surface area contributed by atoms with Crippen LogP contribution in [0.2, 0.25) is 0 Å². The van der Waals surface area contributed by atoms with Crippen molar-refractivity contribution in [1.82, 2.24) is 0 Å². The molecule has 0 heterocycles. The largest absolute Gasteiger partial charge is 0.237 e. The molecule has 0 aromatic heterocycles. The first-order chi connectivity index (χ1) is 9.16. The highest BCUT2D eigenvalue weighted by atomic mass is 16.1. The summed E-state index contributed by atoms with van der Waals surface area (Å²) in [5, 5.41) is 8.30. The Labute approximate surface area is 120 Å². The van der Waals surface area contributed by atoms with Crippen LogP contribution in [0.4, 0.5) is 0 Å². The molecule has 6 heteroatoms. The van der Waals surface area contributed by atoms with Gasteiger partial charge in [-0.25, -0.2) is 9.59 Å². The summed E-state index contributed by atoms with van der Waals surface area (Å²) < 4.78 is 0. The van der Waals surface area contributed by atoms with Crippen LogP contribution < -0.4 is 0 Å². The molecule has 0 aromatic carbocycles. The van der Waals surface area contributed by atoms with Gasteiger partial charge < -0.3 is 0 Å².